The van der Waals surface area contributed by atoms with Gasteiger partial charge in [-0.3, -0.25) is 4.79 Å². The lowest BCUT2D eigenvalue weighted by Gasteiger charge is -2.27. The molecule has 1 saturated heterocycles. The predicted octanol–water partition coefficient (Wildman–Crippen LogP) is 1.95. The van der Waals surface area contributed by atoms with Gasteiger partial charge in [-0.1, -0.05) is 25.4 Å². The van der Waals surface area contributed by atoms with Gasteiger partial charge in [0.15, 0.2) is 11.0 Å². The van der Waals surface area contributed by atoms with E-state index < -0.39 is 5.82 Å². The Morgan fingerprint density at radius 2 is 2.05 bits per heavy atom. The number of hydrogen-bond acceptors (Lipinski definition) is 4. The molecule has 7 heteroatoms. The van der Waals surface area contributed by atoms with Crippen LogP contribution in [0.2, 0.25) is 5.15 Å². The van der Waals surface area contributed by atoms with Crippen molar-refractivity contribution in [3.8, 4) is 5.88 Å². The van der Waals surface area contributed by atoms with Crippen molar-refractivity contribution in [2.45, 2.75) is 13.8 Å². The van der Waals surface area contributed by atoms with E-state index in [1.807, 2.05) is 13.8 Å². The lowest BCUT2D eigenvalue weighted by molar-refractivity contribution is 0.0731. The van der Waals surface area contributed by atoms with Crippen molar-refractivity contribution in [3.63, 3.8) is 0 Å². The number of hydrogen-bond donors (Lipinski definition) is 1. The Morgan fingerprint density at radius 1 is 1.45 bits per heavy atom. The minimum absolute atomic E-state index is 0.0462. The standard InChI is InChI=1S/C11H13ClFN3O2.C2H6/c1-18-10-7(6-8(13)9(12)15-10)11(17)16-4-2-14-3-5-16;1-2/h6,14H,2-5H2,1H3;1-2H3. The van der Waals surface area contributed by atoms with Crippen molar-refractivity contribution in [2.75, 3.05) is 33.3 Å². The van der Waals surface area contributed by atoms with Gasteiger partial charge in [0.05, 0.1) is 7.11 Å². The second-order valence-corrected chi connectivity index (χ2v) is 4.22. The molecule has 1 amide bonds. The number of carbonyl (C=O) groups excluding carboxylic acids is 1. The summed E-state index contributed by atoms with van der Waals surface area (Å²) in [7, 11) is 1.37. The third-order valence-corrected chi connectivity index (χ3v) is 2.99. The van der Waals surface area contributed by atoms with Gasteiger partial charge in [0.2, 0.25) is 5.88 Å². The maximum atomic E-state index is 13.4. The van der Waals surface area contributed by atoms with Crippen LogP contribution in [-0.4, -0.2) is 49.1 Å². The van der Waals surface area contributed by atoms with E-state index in [9.17, 15) is 9.18 Å². The smallest absolute Gasteiger partial charge is 0.259 e. The lowest BCUT2D eigenvalue weighted by Crippen LogP contribution is -2.46. The van der Waals surface area contributed by atoms with Crippen LogP contribution in [0.25, 0.3) is 0 Å². The highest BCUT2D eigenvalue weighted by molar-refractivity contribution is 6.29. The van der Waals surface area contributed by atoms with Gasteiger partial charge >= 0.3 is 0 Å². The zero-order chi connectivity index (χ0) is 15.1. The van der Waals surface area contributed by atoms with E-state index in [0.717, 1.165) is 19.2 Å². The SMILES string of the molecule is CC.COc1nc(Cl)c(F)cc1C(=O)N1CCNCC1. The molecule has 0 saturated carbocycles. The number of ether oxygens (including phenoxy) is 1. The first kappa shape index (κ1) is 16.7. The van der Waals surface area contributed by atoms with Crippen molar-refractivity contribution >= 4 is 17.5 Å². The van der Waals surface area contributed by atoms with Crippen LogP contribution in [0.3, 0.4) is 0 Å². The molecule has 2 heterocycles. The number of piperazine rings is 1. The third-order valence-electron chi connectivity index (χ3n) is 2.73. The van der Waals surface area contributed by atoms with E-state index in [2.05, 4.69) is 10.3 Å². The average molecular weight is 304 g/mol. The first-order valence-corrected chi connectivity index (χ1v) is 6.91. The fourth-order valence-electron chi connectivity index (χ4n) is 1.80. The monoisotopic (exact) mass is 303 g/mol. The molecule has 0 aromatic carbocycles. The van der Waals surface area contributed by atoms with Crippen LogP contribution in [0.5, 0.6) is 5.88 Å². The van der Waals surface area contributed by atoms with Crippen molar-refractivity contribution in [1.82, 2.24) is 15.2 Å². The summed E-state index contributed by atoms with van der Waals surface area (Å²) in [4.78, 5) is 17.6. The Balaban J connectivity index is 0.000000956. The number of rotatable bonds is 2. The Bertz CT molecular complexity index is 465. The van der Waals surface area contributed by atoms with Crippen LogP contribution in [0, 0.1) is 5.82 Å². The predicted molar refractivity (Wildman–Crippen MR) is 75.9 cm³/mol. The number of nitrogens with zero attached hydrogens (tertiary/aromatic N) is 2. The van der Waals surface area contributed by atoms with E-state index in [4.69, 9.17) is 16.3 Å². The topological polar surface area (TPSA) is 54.5 Å². The van der Waals surface area contributed by atoms with E-state index in [1.165, 1.54) is 7.11 Å². The van der Waals surface area contributed by atoms with Gasteiger partial charge in [-0.2, -0.15) is 4.98 Å². The quantitative estimate of drug-likeness (QED) is 0.849. The molecule has 0 radical (unpaired) electrons. The summed E-state index contributed by atoms with van der Waals surface area (Å²) in [5, 5.41) is 2.83. The van der Waals surface area contributed by atoms with Crippen molar-refractivity contribution < 1.29 is 13.9 Å². The van der Waals surface area contributed by atoms with Crippen LogP contribution in [0.4, 0.5) is 4.39 Å². The van der Waals surface area contributed by atoms with Crippen LogP contribution in [0.15, 0.2) is 6.07 Å². The maximum Gasteiger partial charge on any atom is 0.259 e. The molecular formula is C13H19ClFN3O2. The number of nitrogens with one attached hydrogen (secondary N) is 1. The summed E-state index contributed by atoms with van der Waals surface area (Å²) in [6, 6.07) is 1.07. The summed E-state index contributed by atoms with van der Waals surface area (Å²) in [6.07, 6.45) is 0. The summed E-state index contributed by atoms with van der Waals surface area (Å²) >= 11 is 5.55. The van der Waals surface area contributed by atoms with Gasteiger partial charge < -0.3 is 15.0 Å². The Hall–Kier alpha value is -1.40. The van der Waals surface area contributed by atoms with Gasteiger partial charge in [-0.05, 0) is 6.07 Å². The van der Waals surface area contributed by atoms with Gasteiger partial charge in [0.25, 0.3) is 5.91 Å². The molecule has 1 aliphatic rings. The highest BCUT2D eigenvalue weighted by Gasteiger charge is 2.23. The number of amides is 1. The van der Waals surface area contributed by atoms with Gasteiger partial charge in [-0.25, -0.2) is 4.39 Å². The van der Waals surface area contributed by atoms with Crippen molar-refractivity contribution in [2.24, 2.45) is 0 Å². The molecule has 1 aromatic rings. The Kier molecular flexibility index (Phi) is 6.67. The summed E-state index contributed by atoms with van der Waals surface area (Å²) < 4.78 is 18.4. The van der Waals surface area contributed by atoms with E-state index in [-0.39, 0.29) is 22.5 Å². The molecule has 1 fully saturated rings. The molecule has 0 bridgehead atoms. The molecule has 112 valence electrons. The van der Waals surface area contributed by atoms with E-state index in [0.29, 0.717) is 13.1 Å². The fourth-order valence-corrected chi connectivity index (χ4v) is 1.93. The normalized spacial score (nSPS) is 14.3. The van der Waals surface area contributed by atoms with E-state index >= 15 is 0 Å². The molecule has 0 aliphatic carbocycles. The van der Waals surface area contributed by atoms with Crippen LogP contribution >= 0.6 is 11.6 Å². The number of carbonyl (C=O) groups is 1. The number of halogens is 2. The molecule has 5 nitrogen and oxygen atoms in total. The van der Waals surface area contributed by atoms with Gasteiger partial charge in [0, 0.05) is 26.2 Å². The largest absolute Gasteiger partial charge is 0.480 e. The molecule has 1 aliphatic heterocycles. The number of aromatic nitrogens is 1. The molecule has 0 spiro atoms. The van der Waals surface area contributed by atoms with Gasteiger partial charge in [0.1, 0.15) is 5.56 Å². The maximum absolute atomic E-state index is 13.4. The Labute approximate surface area is 123 Å². The number of methoxy groups -OCH3 is 1. The summed E-state index contributed by atoms with van der Waals surface area (Å²) in [5.74, 6) is -0.975. The molecule has 20 heavy (non-hydrogen) atoms. The molecule has 1 aromatic heterocycles. The summed E-state index contributed by atoms with van der Waals surface area (Å²) in [5.41, 5.74) is 0.0984. The molecule has 2 rings (SSSR count). The minimum atomic E-state index is -0.726. The van der Waals surface area contributed by atoms with Crippen LogP contribution in [-0.2, 0) is 0 Å². The molecular weight excluding hydrogens is 285 g/mol. The van der Waals surface area contributed by atoms with Crippen molar-refractivity contribution in [3.05, 3.63) is 22.6 Å². The van der Waals surface area contributed by atoms with Crippen molar-refractivity contribution in [1.29, 1.82) is 0 Å². The Morgan fingerprint density at radius 3 is 2.60 bits per heavy atom. The zero-order valence-electron chi connectivity index (χ0n) is 11.9. The van der Waals surface area contributed by atoms with Crippen LogP contribution in [0.1, 0.15) is 24.2 Å². The third kappa shape index (κ3) is 3.80. The minimum Gasteiger partial charge on any atom is -0.480 e. The first-order valence-electron chi connectivity index (χ1n) is 6.53. The van der Waals surface area contributed by atoms with E-state index in [1.54, 1.807) is 4.90 Å². The fraction of sp³-hybridized carbons (Fsp3) is 0.538. The highest BCUT2D eigenvalue weighted by atomic mass is 35.5. The zero-order valence-corrected chi connectivity index (χ0v) is 12.6. The van der Waals surface area contributed by atoms with Crippen LogP contribution < -0.4 is 10.1 Å². The molecule has 0 atom stereocenters. The second kappa shape index (κ2) is 8.01. The number of pyridine rings is 1. The van der Waals surface area contributed by atoms with Gasteiger partial charge in [-0.15, -0.1) is 0 Å². The second-order valence-electron chi connectivity index (χ2n) is 3.86. The average Bonchev–Trinajstić information content (AvgIpc) is 2.51. The molecule has 0 unspecified atom stereocenters. The summed E-state index contributed by atoms with van der Waals surface area (Å²) in [6.45, 7) is 6.59. The molecule has 1 N–H and O–H groups in total. The first-order chi connectivity index (χ1) is 9.63. The lowest BCUT2D eigenvalue weighted by atomic mass is 10.2. The highest BCUT2D eigenvalue weighted by Crippen LogP contribution is 2.23.